The number of para-hydroxylation sites is 3. The predicted octanol–water partition coefficient (Wildman–Crippen LogP) is 7.25. The molecule has 0 aromatic heterocycles. The highest BCUT2D eigenvalue weighted by Crippen LogP contribution is 2.53. The number of carbonyl (C=O) groups excluding carboxylic acids is 1. The molecule has 2 atom stereocenters. The number of amidine groups is 1. The molecule has 0 aliphatic carbocycles. The molecular formula is C35H32N4O2S. The van der Waals surface area contributed by atoms with Gasteiger partial charge < -0.3 is 9.64 Å². The predicted molar refractivity (Wildman–Crippen MR) is 173 cm³/mol. The summed E-state index contributed by atoms with van der Waals surface area (Å²) >= 11 is 6.55. The lowest BCUT2D eigenvalue weighted by Gasteiger charge is -2.44. The van der Waals surface area contributed by atoms with Gasteiger partial charge in [-0.25, -0.2) is 5.01 Å². The smallest absolute Gasteiger partial charge is 0.319 e. The minimum atomic E-state index is -1.28. The highest BCUT2D eigenvalue weighted by Gasteiger charge is 2.69. The fourth-order valence-corrected chi connectivity index (χ4v) is 6.41. The van der Waals surface area contributed by atoms with E-state index in [0.717, 1.165) is 28.3 Å². The molecule has 0 unspecified atom stereocenters. The normalized spacial score (nSPS) is 21.0. The van der Waals surface area contributed by atoms with Crippen LogP contribution < -0.4 is 14.8 Å². The number of nitrogens with zero attached hydrogens (tertiary/aromatic N) is 4. The molecule has 4 aromatic carbocycles. The van der Waals surface area contributed by atoms with Gasteiger partial charge in [0.15, 0.2) is 5.84 Å². The van der Waals surface area contributed by atoms with E-state index in [4.69, 9.17) is 22.1 Å². The number of rotatable bonds is 6. The number of hydrogen-bond acceptors (Lipinski definition) is 6. The summed E-state index contributed by atoms with van der Waals surface area (Å²) in [5, 5.41) is 7.23. The van der Waals surface area contributed by atoms with Crippen molar-refractivity contribution in [1.82, 2.24) is 0 Å². The molecule has 0 N–H and O–H groups in total. The van der Waals surface area contributed by atoms with Gasteiger partial charge in [0.1, 0.15) is 10.9 Å². The van der Waals surface area contributed by atoms with Crippen molar-refractivity contribution in [2.45, 2.75) is 19.5 Å². The maximum absolute atomic E-state index is 14.2. The number of hydrazone groups is 1. The van der Waals surface area contributed by atoms with Gasteiger partial charge in [-0.05, 0) is 42.3 Å². The molecule has 4 aromatic rings. The number of esters is 1. The van der Waals surface area contributed by atoms with Gasteiger partial charge in [-0.15, -0.1) is 0 Å². The van der Waals surface area contributed by atoms with Crippen LogP contribution in [0, 0.1) is 11.8 Å². The number of thiocarbonyl (C=S) groups is 1. The number of benzene rings is 4. The molecule has 0 radical (unpaired) electrons. The van der Waals surface area contributed by atoms with Crippen LogP contribution in [0.15, 0.2) is 138 Å². The van der Waals surface area contributed by atoms with Crippen molar-refractivity contribution in [2.24, 2.45) is 16.9 Å². The fourth-order valence-electron chi connectivity index (χ4n) is 5.90. The summed E-state index contributed by atoms with van der Waals surface area (Å²) in [7, 11) is 1.44. The molecule has 42 heavy (non-hydrogen) atoms. The third kappa shape index (κ3) is 4.37. The van der Waals surface area contributed by atoms with Crippen LogP contribution in [0.25, 0.3) is 0 Å². The van der Waals surface area contributed by atoms with Crippen LogP contribution in [-0.2, 0) is 9.53 Å². The summed E-state index contributed by atoms with van der Waals surface area (Å²) in [6.07, 6.45) is 2.11. The van der Waals surface area contributed by atoms with Gasteiger partial charge in [-0.3, -0.25) is 9.69 Å². The average molecular weight is 573 g/mol. The topological polar surface area (TPSA) is 48.4 Å². The molecule has 0 bridgehead atoms. The Kier molecular flexibility index (Phi) is 7.35. The van der Waals surface area contributed by atoms with E-state index >= 15 is 0 Å². The lowest BCUT2D eigenvalue weighted by Crippen LogP contribution is -2.65. The maximum Gasteiger partial charge on any atom is 0.319 e. The Morgan fingerprint density at radius 2 is 1.31 bits per heavy atom. The van der Waals surface area contributed by atoms with Crippen molar-refractivity contribution in [1.29, 1.82) is 0 Å². The third-order valence-corrected chi connectivity index (χ3v) is 8.03. The highest BCUT2D eigenvalue weighted by atomic mass is 32.1. The van der Waals surface area contributed by atoms with Crippen LogP contribution in [0.2, 0.25) is 0 Å². The number of ether oxygens (including phenoxy) is 1. The van der Waals surface area contributed by atoms with Crippen molar-refractivity contribution in [3.8, 4) is 0 Å². The first-order chi connectivity index (χ1) is 20.5. The zero-order chi connectivity index (χ0) is 29.3. The van der Waals surface area contributed by atoms with Gasteiger partial charge in [0.2, 0.25) is 5.66 Å². The van der Waals surface area contributed by atoms with Crippen LogP contribution >= 0.6 is 12.2 Å². The lowest BCUT2D eigenvalue weighted by molar-refractivity contribution is -0.145. The number of hydrogen-bond donors (Lipinski definition) is 0. The zero-order valence-electron chi connectivity index (χ0n) is 23.8. The van der Waals surface area contributed by atoms with Gasteiger partial charge >= 0.3 is 5.97 Å². The Labute approximate surface area is 252 Å². The summed E-state index contributed by atoms with van der Waals surface area (Å²) in [5.74, 6) is -0.430. The molecule has 1 fully saturated rings. The third-order valence-electron chi connectivity index (χ3n) is 7.55. The Morgan fingerprint density at radius 3 is 1.83 bits per heavy atom. The molecule has 2 aliphatic heterocycles. The molecule has 6 rings (SSSR count). The van der Waals surface area contributed by atoms with E-state index in [1.54, 1.807) is 0 Å². The van der Waals surface area contributed by atoms with Crippen LogP contribution in [0.1, 0.15) is 19.4 Å². The molecular weight excluding hydrogens is 540 g/mol. The number of methoxy groups -OCH3 is 1. The molecule has 0 saturated carbocycles. The largest absolute Gasteiger partial charge is 0.468 e. The molecule has 7 heteroatoms. The van der Waals surface area contributed by atoms with E-state index in [2.05, 4.69) is 24.8 Å². The summed E-state index contributed by atoms with van der Waals surface area (Å²) in [6.45, 7) is 4.20. The van der Waals surface area contributed by atoms with E-state index in [0.29, 0.717) is 10.8 Å². The van der Waals surface area contributed by atoms with Gasteiger partial charge in [0.05, 0.1) is 12.8 Å². The van der Waals surface area contributed by atoms with Crippen molar-refractivity contribution < 1.29 is 9.53 Å². The Balaban J connectivity index is 1.74. The summed E-state index contributed by atoms with van der Waals surface area (Å²) in [6, 6.07) is 39.9. The molecule has 1 spiro atoms. The first kappa shape index (κ1) is 27.4. The van der Waals surface area contributed by atoms with E-state index in [1.165, 1.54) is 7.11 Å². The van der Waals surface area contributed by atoms with Crippen molar-refractivity contribution in [3.05, 3.63) is 139 Å². The first-order valence-electron chi connectivity index (χ1n) is 14.0. The van der Waals surface area contributed by atoms with Gasteiger partial charge in [0, 0.05) is 22.6 Å². The second-order valence-electron chi connectivity index (χ2n) is 10.6. The van der Waals surface area contributed by atoms with Crippen molar-refractivity contribution >= 4 is 46.1 Å². The van der Waals surface area contributed by atoms with E-state index in [1.807, 2.05) is 131 Å². The summed E-state index contributed by atoms with van der Waals surface area (Å²) in [5.41, 5.74) is 2.91. The van der Waals surface area contributed by atoms with Gasteiger partial charge in [-0.1, -0.05) is 117 Å². The average Bonchev–Trinajstić information content (AvgIpc) is 3.50. The maximum atomic E-state index is 14.2. The van der Waals surface area contributed by atoms with E-state index in [-0.39, 0.29) is 5.92 Å². The molecule has 2 aliphatic rings. The second-order valence-corrected chi connectivity index (χ2v) is 11.0. The van der Waals surface area contributed by atoms with Crippen LogP contribution in [0.5, 0.6) is 0 Å². The van der Waals surface area contributed by atoms with E-state index < -0.39 is 17.6 Å². The summed E-state index contributed by atoms with van der Waals surface area (Å²) in [4.78, 5) is 18.9. The minimum Gasteiger partial charge on any atom is -0.468 e. The van der Waals surface area contributed by atoms with E-state index in [9.17, 15) is 4.79 Å². The standard InChI is InChI=1S/C35H32N4O2S/c1-25(2)24-30-31(33(40)41-3)35(34(42)37(30)27-18-10-5-11-19-27)38(28-20-12-6-13-21-28)32(26-16-8-4-9-17-26)36-39(35)29-22-14-7-15-23-29/h4-25,31H,1-3H3/b30-24+/t31-,35-/m0/s1. The molecule has 2 heterocycles. The Bertz CT molecular complexity index is 1640. The molecule has 210 valence electrons. The van der Waals surface area contributed by atoms with Crippen molar-refractivity contribution in [2.75, 3.05) is 21.9 Å². The molecule has 0 amide bonds. The molecule has 6 nitrogen and oxygen atoms in total. The van der Waals surface area contributed by atoms with Crippen LogP contribution in [0.3, 0.4) is 0 Å². The highest BCUT2D eigenvalue weighted by molar-refractivity contribution is 7.81. The number of carbonyl (C=O) groups is 1. The van der Waals surface area contributed by atoms with Crippen LogP contribution in [0.4, 0.5) is 17.1 Å². The summed E-state index contributed by atoms with van der Waals surface area (Å²) < 4.78 is 5.60. The first-order valence-corrected chi connectivity index (χ1v) is 14.4. The monoisotopic (exact) mass is 572 g/mol. The van der Waals surface area contributed by atoms with Crippen molar-refractivity contribution in [3.63, 3.8) is 0 Å². The molecule has 1 saturated heterocycles. The SMILES string of the molecule is COC(=O)[C@@H]1/C(=C\C(C)C)N(c2ccccc2)C(=S)[C@@]12N(c1ccccc1)N=C(c1ccccc1)N2c1ccccc1. The Hall–Kier alpha value is -4.75. The quantitative estimate of drug-likeness (QED) is 0.179. The second kappa shape index (κ2) is 11.3. The lowest BCUT2D eigenvalue weighted by atomic mass is 9.88. The van der Waals surface area contributed by atoms with Crippen LogP contribution in [-0.4, -0.2) is 29.6 Å². The fraction of sp³-hybridized carbons (Fsp3) is 0.171. The Morgan fingerprint density at radius 1 is 0.810 bits per heavy atom. The van der Waals surface area contributed by atoms with Gasteiger partial charge in [-0.2, -0.15) is 5.10 Å². The number of anilines is 3. The van der Waals surface area contributed by atoms with Gasteiger partial charge in [0.25, 0.3) is 0 Å². The minimum absolute atomic E-state index is 0.127. The number of allylic oxidation sites excluding steroid dienone is 1. The zero-order valence-corrected chi connectivity index (χ0v) is 24.6.